The summed E-state index contributed by atoms with van der Waals surface area (Å²) in [4.78, 5) is 20.6. The van der Waals surface area contributed by atoms with Crippen LogP contribution in [0.4, 0.5) is 11.6 Å². The van der Waals surface area contributed by atoms with E-state index in [9.17, 15) is 8.42 Å². The third-order valence-electron chi connectivity index (χ3n) is 5.83. The van der Waals surface area contributed by atoms with Crippen LogP contribution in [0.25, 0.3) is 33.4 Å². The van der Waals surface area contributed by atoms with Gasteiger partial charge in [0.25, 0.3) is 0 Å². The number of primary sulfonamides is 1. The molecule has 2 aromatic carbocycles. The van der Waals surface area contributed by atoms with Crippen molar-refractivity contribution in [3.05, 3.63) is 97.0 Å². The van der Waals surface area contributed by atoms with Gasteiger partial charge >= 0.3 is 0 Å². The van der Waals surface area contributed by atoms with E-state index in [1.807, 2.05) is 66.5 Å². The first-order valence-corrected chi connectivity index (χ1v) is 13.1. The molecule has 0 saturated carbocycles. The molecule has 3 heterocycles. The van der Waals surface area contributed by atoms with Gasteiger partial charge in [0.1, 0.15) is 11.6 Å². The Labute approximate surface area is 209 Å². The van der Waals surface area contributed by atoms with Crippen LogP contribution in [0.3, 0.4) is 0 Å². The summed E-state index contributed by atoms with van der Waals surface area (Å²) in [6.45, 7) is 0. The van der Waals surface area contributed by atoms with Crippen molar-refractivity contribution in [1.29, 1.82) is 0 Å². The number of hydrogen-bond acceptors (Lipinski definition) is 7. The monoisotopic (exact) mass is 496 g/mol. The van der Waals surface area contributed by atoms with Crippen molar-refractivity contribution in [2.24, 2.45) is 5.14 Å². The first kappa shape index (κ1) is 23.5. The second-order valence-electron chi connectivity index (χ2n) is 8.38. The molecule has 2 N–H and O–H groups in total. The summed E-state index contributed by atoms with van der Waals surface area (Å²) in [7, 11) is -1.65. The van der Waals surface area contributed by atoms with Gasteiger partial charge in [0.2, 0.25) is 10.0 Å². The molecular weight excluding hydrogens is 472 g/mol. The molecule has 36 heavy (non-hydrogen) atoms. The number of aryl methyl sites for hydroxylation is 1. The van der Waals surface area contributed by atoms with Gasteiger partial charge in [-0.25, -0.2) is 28.5 Å². The van der Waals surface area contributed by atoms with Crippen molar-refractivity contribution in [1.82, 2.24) is 19.9 Å². The predicted octanol–water partition coefficient (Wildman–Crippen LogP) is 4.35. The summed E-state index contributed by atoms with van der Waals surface area (Å²) in [5, 5.41) is 6.08. The molecule has 5 aromatic rings. The molecule has 0 saturated heterocycles. The van der Waals surface area contributed by atoms with E-state index in [0.29, 0.717) is 17.2 Å². The molecule has 0 aliphatic rings. The number of fused-ring (bicyclic) bond motifs is 1. The van der Waals surface area contributed by atoms with Gasteiger partial charge in [-0.3, -0.25) is 4.98 Å². The van der Waals surface area contributed by atoms with Crippen molar-refractivity contribution in [3.8, 4) is 22.5 Å². The predicted molar refractivity (Wildman–Crippen MR) is 142 cm³/mol. The highest BCUT2D eigenvalue weighted by Crippen LogP contribution is 2.37. The Bertz CT molecular complexity index is 1630. The minimum atomic E-state index is -3.58. The number of hydrogen-bond donors (Lipinski definition) is 1. The van der Waals surface area contributed by atoms with E-state index in [2.05, 4.69) is 28.2 Å². The van der Waals surface area contributed by atoms with Crippen LogP contribution in [0.1, 0.15) is 5.56 Å². The topological polar surface area (TPSA) is 115 Å². The van der Waals surface area contributed by atoms with Crippen LogP contribution in [0, 0.1) is 0 Å². The molecule has 0 amide bonds. The Morgan fingerprint density at radius 2 is 1.69 bits per heavy atom. The number of benzene rings is 2. The smallest absolute Gasteiger partial charge is 0.209 e. The van der Waals surface area contributed by atoms with Crippen molar-refractivity contribution < 1.29 is 8.42 Å². The molecule has 0 spiro atoms. The standard InChI is InChI=1S/C27H24N6O2S/c1-33(24-12-5-6-14-30-24)27-25-22(20-8-3-2-4-9-20)10-7-11-23(25)31-26(32-27)21-16-19(17-29-18-21)13-15-36(28,34)35/h2-12,14,16-18H,13,15H2,1H3,(H2,28,34,35). The molecule has 0 fully saturated rings. The second-order valence-corrected chi connectivity index (χ2v) is 10.1. The zero-order valence-electron chi connectivity index (χ0n) is 19.6. The van der Waals surface area contributed by atoms with E-state index in [1.54, 1.807) is 18.6 Å². The highest BCUT2D eigenvalue weighted by atomic mass is 32.2. The zero-order valence-corrected chi connectivity index (χ0v) is 20.4. The minimum Gasteiger partial charge on any atom is -0.314 e. The van der Waals surface area contributed by atoms with Gasteiger partial charge in [0.05, 0.1) is 16.7 Å². The molecular formula is C27H24N6O2S. The Morgan fingerprint density at radius 3 is 2.44 bits per heavy atom. The van der Waals surface area contributed by atoms with Crippen LogP contribution >= 0.6 is 0 Å². The quantitative estimate of drug-likeness (QED) is 0.356. The lowest BCUT2D eigenvalue weighted by Crippen LogP contribution is -2.18. The van der Waals surface area contributed by atoms with Crippen molar-refractivity contribution in [3.63, 3.8) is 0 Å². The maximum atomic E-state index is 11.4. The number of aromatic nitrogens is 4. The number of pyridine rings is 2. The third-order valence-corrected chi connectivity index (χ3v) is 6.60. The lowest BCUT2D eigenvalue weighted by Gasteiger charge is -2.21. The molecule has 0 aliphatic heterocycles. The van der Waals surface area contributed by atoms with Crippen LogP contribution in [-0.2, 0) is 16.4 Å². The number of rotatable bonds is 7. The van der Waals surface area contributed by atoms with Crippen molar-refractivity contribution >= 4 is 32.6 Å². The van der Waals surface area contributed by atoms with Gasteiger partial charge in [-0.2, -0.15) is 0 Å². The van der Waals surface area contributed by atoms with Gasteiger partial charge in [0, 0.05) is 31.2 Å². The summed E-state index contributed by atoms with van der Waals surface area (Å²) < 4.78 is 22.9. The average Bonchev–Trinajstić information content (AvgIpc) is 2.91. The summed E-state index contributed by atoms with van der Waals surface area (Å²) >= 11 is 0. The highest BCUT2D eigenvalue weighted by molar-refractivity contribution is 7.89. The molecule has 8 nitrogen and oxygen atoms in total. The Kier molecular flexibility index (Phi) is 6.41. The normalized spacial score (nSPS) is 11.5. The van der Waals surface area contributed by atoms with Gasteiger partial charge < -0.3 is 4.90 Å². The molecule has 0 aliphatic carbocycles. The first-order chi connectivity index (χ1) is 17.4. The number of sulfonamides is 1. The van der Waals surface area contributed by atoms with Gasteiger partial charge in [-0.1, -0.05) is 48.5 Å². The lowest BCUT2D eigenvalue weighted by atomic mass is 10.0. The average molecular weight is 497 g/mol. The van der Waals surface area contributed by atoms with Crippen LogP contribution in [0.5, 0.6) is 0 Å². The summed E-state index contributed by atoms with van der Waals surface area (Å²) in [6.07, 6.45) is 5.30. The Morgan fingerprint density at radius 1 is 0.889 bits per heavy atom. The summed E-state index contributed by atoms with van der Waals surface area (Å²) in [5.74, 6) is 1.76. The second kappa shape index (κ2) is 9.80. The molecule has 180 valence electrons. The fourth-order valence-corrected chi connectivity index (χ4v) is 4.58. The summed E-state index contributed by atoms with van der Waals surface area (Å²) in [6, 6.07) is 23.7. The Hall–Kier alpha value is -4.21. The molecule has 3 aromatic heterocycles. The molecule has 0 radical (unpaired) electrons. The number of nitrogens with two attached hydrogens (primary N) is 1. The van der Waals surface area contributed by atoms with Gasteiger partial charge in [-0.05, 0) is 47.4 Å². The maximum Gasteiger partial charge on any atom is 0.209 e. The van der Waals surface area contributed by atoms with E-state index < -0.39 is 10.0 Å². The molecule has 5 rings (SSSR count). The van der Waals surface area contributed by atoms with E-state index >= 15 is 0 Å². The minimum absolute atomic E-state index is 0.162. The van der Waals surface area contributed by atoms with Crippen LogP contribution < -0.4 is 10.0 Å². The van der Waals surface area contributed by atoms with E-state index in [4.69, 9.17) is 15.1 Å². The SMILES string of the molecule is CN(c1ccccn1)c1nc(-c2cncc(CCS(N)(=O)=O)c2)nc2cccc(-c3ccccc3)c12. The first-order valence-electron chi connectivity index (χ1n) is 11.3. The molecule has 0 unspecified atom stereocenters. The largest absolute Gasteiger partial charge is 0.314 e. The van der Waals surface area contributed by atoms with Crippen LogP contribution in [-0.4, -0.2) is 41.2 Å². The van der Waals surface area contributed by atoms with Gasteiger partial charge in [0.15, 0.2) is 5.82 Å². The van der Waals surface area contributed by atoms with E-state index in [0.717, 1.165) is 33.4 Å². The molecule has 9 heteroatoms. The van der Waals surface area contributed by atoms with Crippen LogP contribution in [0.15, 0.2) is 91.4 Å². The maximum absolute atomic E-state index is 11.4. The number of anilines is 2. The fraction of sp³-hybridized carbons (Fsp3) is 0.111. The van der Waals surface area contributed by atoms with Crippen molar-refractivity contribution in [2.75, 3.05) is 17.7 Å². The fourth-order valence-electron chi connectivity index (χ4n) is 4.06. The molecule has 0 atom stereocenters. The van der Waals surface area contributed by atoms with E-state index in [-0.39, 0.29) is 12.2 Å². The van der Waals surface area contributed by atoms with Gasteiger partial charge in [-0.15, -0.1) is 0 Å². The molecule has 0 bridgehead atoms. The van der Waals surface area contributed by atoms with Crippen LogP contribution in [0.2, 0.25) is 0 Å². The lowest BCUT2D eigenvalue weighted by molar-refractivity contribution is 0.597. The third kappa shape index (κ3) is 5.07. The van der Waals surface area contributed by atoms with Crippen molar-refractivity contribution in [2.45, 2.75) is 6.42 Å². The summed E-state index contributed by atoms with van der Waals surface area (Å²) in [5.41, 5.74) is 4.26. The highest BCUT2D eigenvalue weighted by Gasteiger charge is 2.19. The zero-order chi connectivity index (χ0) is 25.1. The van der Waals surface area contributed by atoms with E-state index in [1.165, 1.54) is 0 Å². The number of nitrogens with zero attached hydrogens (tertiary/aromatic N) is 5. The Balaban J connectivity index is 1.70.